The normalized spacial score (nSPS) is 13.9. The van der Waals surface area contributed by atoms with Gasteiger partial charge in [-0.1, -0.05) is 41.4 Å². The first kappa shape index (κ1) is 18.3. The predicted octanol–water partition coefficient (Wildman–Crippen LogP) is 3.40. The van der Waals surface area contributed by atoms with E-state index in [1.807, 2.05) is 38.1 Å². The molecule has 28 heavy (non-hydrogen) atoms. The smallest absolute Gasteiger partial charge is 0.254 e. The molecule has 1 amide bonds. The third kappa shape index (κ3) is 2.96. The summed E-state index contributed by atoms with van der Waals surface area (Å²) in [6, 6.07) is 11.1. The van der Waals surface area contributed by atoms with Crippen LogP contribution in [-0.2, 0) is 6.54 Å². The molecule has 1 aliphatic heterocycles. The van der Waals surface area contributed by atoms with Crippen molar-refractivity contribution in [2.24, 2.45) is 0 Å². The lowest BCUT2D eigenvalue weighted by Crippen LogP contribution is -2.37. The number of carbonyl (C=O) groups excluding carboxylic acids is 1. The molecule has 7 heteroatoms. The molecule has 0 radical (unpaired) electrons. The van der Waals surface area contributed by atoms with Crippen LogP contribution in [0.3, 0.4) is 0 Å². The first-order valence-electron chi connectivity index (χ1n) is 8.90. The number of fused-ring (bicyclic) bond motifs is 1. The molecule has 0 unspecified atom stereocenters. The Hall–Kier alpha value is -3.12. The van der Waals surface area contributed by atoms with Gasteiger partial charge in [0.25, 0.3) is 16.8 Å². The summed E-state index contributed by atoms with van der Waals surface area (Å²) in [5.74, 6) is -0.263. The molecule has 6 nitrogen and oxygen atoms in total. The summed E-state index contributed by atoms with van der Waals surface area (Å²) in [4.78, 5) is 36.5. The van der Waals surface area contributed by atoms with E-state index in [0.717, 1.165) is 11.1 Å². The summed E-state index contributed by atoms with van der Waals surface area (Å²) in [6.07, 6.45) is 0. The highest BCUT2D eigenvalue weighted by molar-refractivity contribution is 6.32. The predicted molar refractivity (Wildman–Crippen MR) is 110 cm³/mol. The van der Waals surface area contributed by atoms with Crippen LogP contribution in [0.5, 0.6) is 0 Å². The molecule has 0 aliphatic carbocycles. The maximum absolute atomic E-state index is 12.2. The number of amides is 1. The molecule has 1 heterocycles. The van der Waals surface area contributed by atoms with Gasteiger partial charge in [0.1, 0.15) is 11.4 Å². The number of anilines is 3. The van der Waals surface area contributed by atoms with Crippen molar-refractivity contribution in [3.05, 3.63) is 84.1 Å². The van der Waals surface area contributed by atoms with Crippen molar-refractivity contribution in [2.45, 2.75) is 26.4 Å². The van der Waals surface area contributed by atoms with Gasteiger partial charge in [0.05, 0.1) is 11.3 Å². The number of aryl methyl sites for hydroxylation is 1. The minimum absolute atomic E-state index is 0.161. The zero-order valence-corrected chi connectivity index (χ0v) is 16.1. The van der Waals surface area contributed by atoms with Crippen molar-refractivity contribution in [3.8, 4) is 0 Å². The summed E-state index contributed by atoms with van der Waals surface area (Å²) in [6.45, 7) is 4.25. The Morgan fingerprint density at radius 2 is 1.82 bits per heavy atom. The first-order chi connectivity index (χ1) is 13.4. The van der Waals surface area contributed by atoms with E-state index >= 15 is 0 Å². The van der Waals surface area contributed by atoms with Gasteiger partial charge in [-0.3, -0.25) is 14.4 Å². The average molecular weight is 396 g/mol. The fraction of sp³-hybridized carbons (Fsp3) is 0.190. The van der Waals surface area contributed by atoms with Gasteiger partial charge in [0.15, 0.2) is 0 Å². The molecular weight excluding hydrogens is 378 g/mol. The molecule has 1 aliphatic rings. The van der Waals surface area contributed by atoms with E-state index in [1.165, 1.54) is 0 Å². The quantitative estimate of drug-likeness (QED) is 0.576. The molecule has 0 spiro atoms. The Balaban J connectivity index is 1.65. The number of nitrogens with one attached hydrogen (secondary N) is 3. The molecule has 142 valence electrons. The highest BCUT2D eigenvalue weighted by atomic mass is 35.5. The van der Waals surface area contributed by atoms with E-state index in [2.05, 4.69) is 16.0 Å². The highest BCUT2D eigenvalue weighted by Crippen LogP contribution is 2.33. The lowest BCUT2D eigenvalue weighted by Gasteiger charge is -2.21. The van der Waals surface area contributed by atoms with Gasteiger partial charge in [-0.2, -0.15) is 0 Å². The van der Waals surface area contributed by atoms with Crippen LogP contribution < -0.4 is 26.8 Å². The molecule has 4 rings (SSSR count). The standard InChI is InChI=1S/C21H18ClN3O3/c1-10-4-3-5-12(8-10)11(2)24-17-18(20(27)19(17)26)25-15-7-6-14(22)13-9-23-21(28)16(13)15/h3-8,11,24-25H,9H2,1-2H3,(H,23,28)/t11-/m1/s1. The van der Waals surface area contributed by atoms with Gasteiger partial charge in [-0.15, -0.1) is 0 Å². The highest BCUT2D eigenvalue weighted by Gasteiger charge is 2.28. The Morgan fingerprint density at radius 3 is 2.57 bits per heavy atom. The van der Waals surface area contributed by atoms with Crippen LogP contribution in [0, 0.1) is 6.92 Å². The molecule has 0 fully saturated rings. The monoisotopic (exact) mass is 395 g/mol. The Labute approximate surface area is 166 Å². The van der Waals surface area contributed by atoms with Crippen LogP contribution in [-0.4, -0.2) is 5.91 Å². The van der Waals surface area contributed by atoms with Gasteiger partial charge in [-0.25, -0.2) is 0 Å². The van der Waals surface area contributed by atoms with E-state index in [9.17, 15) is 14.4 Å². The van der Waals surface area contributed by atoms with Crippen LogP contribution in [0.2, 0.25) is 5.02 Å². The molecule has 3 aromatic carbocycles. The largest absolute Gasteiger partial charge is 0.373 e. The van der Waals surface area contributed by atoms with Gasteiger partial charge >= 0.3 is 0 Å². The topological polar surface area (TPSA) is 87.3 Å². The summed E-state index contributed by atoms with van der Waals surface area (Å²) < 4.78 is 0. The first-order valence-corrected chi connectivity index (χ1v) is 9.27. The fourth-order valence-corrected chi connectivity index (χ4v) is 3.66. The molecule has 3 N–H and O–H groups in total. The molecule has 0 aromatic heterocycles. The minimum atomic E-state index is -0.610. The second-order valence-corrected chi connectivity index (χ2v) is 7.35. The van der Waals surface area contributed by atoms with Gasteiger partial charge in [0, 0.05) is 23.2 Å². The summed E-state index contributed by atoms with van der Waals surface area (Å²) >= 11 is 6.16. The third-order valence-corrected chi connectivity index (χ3v) is 5.34. The second kappa shape index (κ2) is 6.80. The number of rotatable bonds is 5. The van der Waals surface area contributed by atoms with E-state index in [-0.39, 0.29) is 23.3 Å². The van der Waals surface area contributed by atoms with Gasteiger partial charge in [0.2, 0.25) is 0 Å². The van der Waals surface area contributed by atoms with Crippen LogP contribution >= 0.6 is 11.6 Å². The van der Waals surface area contributed by atoms with E-state index in [4.69, 9.17) is 11.6 Å². The summed E-state index contributed by atoms with van der Waals surface area (Å²) in [5, 5.41) is 9.28. The summed E-state index contributed by atoms with van der Waals surface area (Å²) in [5.41, 5.74) is 2.85. The third-order valence-electron chi connectivity index (χ3n) is 4.98. The Morgan fingerprint density at radius 1 is 1.07 bits per heavy atom. The maximum atomic E-state index is 12.2. The van der Waals surface area contributed by atoms with Crippen molar-refractivity contribution in [3.63, 3.8) is 0 Å². The molecule has 0 saturated carbocycles. The van der Waals surface area contributed by atoms with Crippen molar-refractivity contribution >= 4 is 34.6 Å². The fourth-order valence-electron chi connectivity index (χ4n) is 3.44. The van der Waals surface area contributed by atoms with Crippen LogP contribution in [0.1, 0.15) is 40.0 Å². The molecule has 1 atom stereocenters. The number of carbonyl (C=O) groups is 1. The lowest BCUT2D eigenvalue weighted by atomic mass is 10.0. The van der Waals surface area contributed by atoms with Crippen LogP contribution in [0.15, 0.2) is 46.0 Å². The van der Waals surface area contributed by atoms with Gasteiger partial charge < -0.3 is 16.0 Å². The zero-order chi connectivity index (χ0) is 20.0. The van der Waals surface area contributed by atoms with E-state index in [1.54, 1.807) is 12.1 Å². The second-order valence-electron chi connectivity index (χ2n) is 6.94. The van der Waals surface area contributed by atoms with Crippen LogP contribution in [0.4, 0.5) is 17.1 Å². The van der Waals surface area contributed by atoms with E-state index < -0.39 is 10.9 Å². The molecular formula is C21H18ClN3O3. The van der Waals surface area contributed by atoms with Crippen LogP contribution in [0.25, 0.3) is 0 Å². The Bertz CT molecular complexity index is 1180. The number of hydrogen-bond donors (Lipinski definition) is 3. The summed E-state index contributed by atoms with van der Waals surface area (Å²) in [7, 11) is 0. The van der Waals surface area contributed by atoms with Gasteiger partial charge in [-0.05, 0) is 31.5 Å². The number of benzene rings is 2. The van der Waals surface area contributed by atoms with Crippen molar-refractivity contribution in [1.82, 2.24) is 5.32 Å². The van der Waals surface area contributed by atoms with Crippen molar-refractivity contribution in [2.75, 3.05) is 10.6 Å². The zero-order valence-electron chi connectivity index (χ0n) is 15.4. The average Bonchev–Trinajstić information content (AvgIpc) is 3.08. The molecule has 0 saturated heterocycles. The molecule has 3 aromatic rings. The minimum Gasteiger partial charge on any atom is -0.373 e. The maximum Gasteiger partial charge on any atom is 0.254 e. The van der Waals surface area contributed by atoms with Crippen molar-refractivity contribution in [1.29, 1.82) is 0 Å². The SMILES string of the molecule is Cc1cccc([C@@H](C)Nc2c(Nc3ccc(Cl)c4c3C(=O)NC4)c(=O)c2=O)c1. The van der Waals surface area contributed by atoms with E-state index in [0.29, 0.717) is 28.4 Å². The Kier molecular flexibility index (Phi) is 4.43. The van der Waals surface area contributed by atoms with Crippen molar-refractivity contribution < 1.29 is 4.79 Å². The lowest BCUT2D eigenvalue weighted by molar-refractivity contribution is 0.0966. The molecule has 0 bridgehead atoms. The number of halogens is 1. The number of hydrogen-bond acceptors (Lipinski definition) is 5.